The van der Waals surface area contributed by atoms with Crippen molar-refractivity contribution in [1.82, 2.24) is 0 Å². The third-order valence-electron chi connectivity index (χ3n) is 3.87. The topological polar surface area (TPSA) is 29.3 Å². The Kier molecular flexibility index (Phi) is 4.36. The smallest absolute Gasteiger partial charge is 0.0380 e. The van der Waals surface area contributed by atoms with Crippen LogP contribution in [0, 0.1) is 9.49 Å². The quantitative estimate of drug-likeness (QED) is 0.719. The molecule has 1 aliphatic heterocycles. The average molecular weight is 409 g/mol. The van der Waals surface area contributed by atoms with Gasteiger partial charge in [0, 0.05) is 32.4 Å². The molecule has 94 valence electrons. The Morgan fingerprint density at radius 1 is 1.41 bits per heavy atom. The van der Waals surface area contributed by atoms with Gasteiger partial charge in [-0.2, -0.15) is 0 Å². The van der Waals surface area contributed by atoms with Crippen LogP contribution in [0.1, 0.15) is 20.3 Å². The van der Waals surface area contributed by atoms with Gasteiger partial charge in [0.15, 0.2) is 0 Å². The highest BCUT2D eigenvalue weighted by atomic mass is 127. The minimum absolute atomic E-state index is 0.343. The fourth-order valence-electron chi connectivity index (χ4n) is 2.42. The number of halogens is 2. The van der Waals surface area contributed by atoms with Crippen molar-refractivity contribution in [2.45, 2.75) is 32.4 Å². The highest BCUT2D eigenvalue weighted by molar-refractivity contribution is 14.1. The maximum absolute atomic E-state index is 6.13. The van der Waals surface area contributed by atoms with E-state index in [1.165, 1.54) is 9.26 Å². The molecule has 2 N–H and O–H groups in total. The molecule has 17 heavy (non-hydrogen) atoms. The first-order valence-electron chi connectivity index (χ1n) is 5.98. The van der Waals surface area contributed by atoms with Crippen LogP contribution in [-0.2, 0) is 0 Å². The van der Waals surface area contributed by atoms with Gasteiger partial charge < -0.3 is 10.6 Å². The summed E-state index contributed by atoms with van der Waals surface area (Å²) in [5.41, 5.74) is 7.44. The van der Waals surface area contributed by atoms with Gasteiger partial charge in [-0.25, -0.2) is 0 Å². The Bertz CT molecular complexity index is 410. The zero-order chi connectivity index (χ0) is 12.6. The van der Waals surface area contributed by atoms with E-state index >= 15 is 0 Å². The lowest BCUT2D eigenvalue weighted by Gasteiger charge is -2.43. The Hall–Kier alpha value is 0.190. The number of piperidine rings is 1. The van der Waals surface area contributed by atoms with Gasteiger partial charge in [0.25, 0.3) is 0 Å². The third-order valence-corrected chi connectivity index (χ3v) is 6.19. The van der Waals surface area contributed by atoms with Crippen molar-refractivity contribution >= 4 is 44.2 Å². The second kappa shape index (κ2) is 5.45. The molecule has 1 aromatic carbocycles. The van der Waals surface area contributed by atoms with Crippen molar-refractivity contribution in [3.05, 3.63) is 26.2 Å². The predicted molar refractivity (Wildman–Crippen MR) is 85.4 cm³/mol. The van der Waals surface area contributed by atoms with Crippen LogP contribution in [0.15, 0.2) is 22.7 Å². The largest absolute Gasteiger partial charge is 0.368 e. The fourth-order valence-corrected chi connectivity index (χ4v) is 3.17. The molecule has 4 heteroatoms. The van der Waals surface area contributed by atoms with Crippen molar-refractivity contribution < 1.29 is 0 Å². The second-order valence-corrected chi connectivity index (χ2v) is 6.86. The number of benzene rings is 1. The highest BCUT2D eigenvalue weighted by Crippen LogP contribution is 2.31. The monoisotopic (exact) mass is 408 g/mol. The molecule has 0 radical (unpaired) electrons. The zero-order valence-corrected chi connectivity index (χ0v) is 13.9. The number of anilines is 1. The Balaban J connectivity index is 2.24. The normalized spacial score (nSPS) is 29.5. The van der Waals surface area contributed by atoms with E-state index in [1.807, 2.05) is 0 Å². The molecule has 1 fully saturated rings. The van der Waals surface area contributed by atoms with Crippen molar-refractivity contribution in [3.8, 4) is 0 Å². The van der Waals surface area contributed by atoms with Crippen molar-refractivity contribution in [1.29, 1.82) is 0 Å². The number of nitrogens with zero attached hydrogens (tertiary/aromatic N) is 1. The zero-order valence-electron chi connectivity index (χ0n) is 10.2. The lowest BCUT2D eigenvalue weighted by molar-refractivity contribution is 0.315. The van der Waals surface area contributed by atoms with Crippen LogP contribution in [0.4, 0.5) is 5.69 Å². The van der Waals surface area contributed by atoms with Gasteiger partial charge >= 0.3 is 0 Å². The number of hydrogen-bond acceptors (Lipinski definition) is 2. The van der Waals surface area contributed by atoms with Gasteiger partial charge in [-0.05, 0) is 76.0 Å². The number of nitrogens with two attached hydrogens (primary N) is 1. The van der Waals surface area contributed by atoms with Gasteiger partial charge in [-0.1, -0.05) is 6.92 Å². The fraction of sp³-hybridized carbons (Fsp3) is 0.538. The maximum Gasteiger partial charge on any atom is 0.0380 e. The highest BCUT2D eigenvalue weighted by Gasteiger charge is 2.30. The van der Waals surface area contributed by atoms with Gasteiger partial charge in [0.05, 0.1) is 0 Å². The number of rotatable bonds is 1. The summed E-state index contributed by atoms with van der Waals surface area (Å²) in [6.07, 6.45) is 1.08. The Morgan fingerprint density at radius 3 is 2.76 bits per heavy atom. The molecule has 1 saturated heterocycles. The van der Waals surface area contributed by atoms with E-state index in [9.17, 15) is 0 Å². The summed E-state index contributed by atoms with van der Waals surface area (Å²) in [4.78, 5) is 2.47. The molecule has 0 amide bonds. The summed E-state index contributed by atoms with van der Waals surface area (Å²) in [6.45, 7) is 5.59. The first-order valence-corrected chi connectivity index (χ1v) is 7.85. The van der Waals surface area contributed by atoms with E-state index in [0.717, 1.165) is 17.4 Å². The summed E-state index contributed by atoms with van der Waals surface area (Å²) in [7, 11) is 0. The lowest BCUT2D eigenvalue weighted by Crippen LogP contribution is -2.51. The first-order chi connectivity index (χ1) is 8.00. The van der Waals surface area contributed by atoms with Gasteiger partial charge in [-0.3, -0.25) is 0 Å². The molecule has 2 nitrogen and oxygen atoms in total. The molecular weight excluding hydrogens is 391 g/mol. The molecule has 0 aromatic heterocycles. The second-order valence-electron chi connectivity index (χ2n) is 4.84. The summed E-state index contributed by atoms with van der Waals surface area (Å²) in [6, 6.07) is 7.41. The standard InChI is InChI=1S/C13H18BrIN2/c1-8-9(2)17(6-5-13(8)16)10-3-4-11(14)12(15)7-10/h3-4,7-9,13H,5-6,16H2,1-2H3. The molecule has 3 unspecified atom stereocenters. The molecule has 1 heterocycles. The van der Waals surface area contributed by atoms with E-state index < -0.39 is 0 Å². The van der Waals surface area contributed by atoms with E-state index in [4.69, 9.17) is 5.73 Å². The number of hydrogen-bond donors (Lipinski definition) is 1. The Morgan fingerprint density at radius 2 is 2.12 bits per heavy atom. The summed E-state index contributed by atoms with van der Waals surface area (Å²) in [5.74, 6) is 0.546. The van der Waals surface area contributed by atoms with Crippen LogP contribution in [0.25, 0.3) is 0 Å². The molecular formula is C13H18BrIN2. The van der Waals surface area contributed by atoms with Crippen LogP contribution in [-0.4, -0.2) is 18.6 Å². The van der Waals surface area contributed by atoms with Gasteiger partial charge in [-0.15, -0.1) is 0 Å². The molecule has 0 spiro atoms. The SMILES string of the molecule is CC1C(N)CCN(c2ccc(Br)c(I)c2)C1C. The maximum atomic E-state index is 6.13. The summed E-state index contributed by atoms with van der Waals surface area (Å²) < 4.78 is 2.42. The minimum atomic E-state index is 0.343. The molecule has 0 bridgehead atoms. The van der Waals surface area contributed by atoms with E-state index in [0.29, 0.717) is 18.0 Å². The Labute approximate surface area is 125 Å². The van der Waals surface area contributed by atoms with E-state index in [-0.39, 0.29) is 0 Å². The predicted octanol–water partition coefficient (Wildman–Crippen LogP) is 3.62. The van der Waals surface area contributed by atoms with Crippen LogP contribution >= 0.6 is 38.5 Å². The van der Waals surface area contributed by atoms with Gasteiger partial charge in [0.2, 0.25) is 0 Å². The third kappa shape index (κ3) is 2.79. The summed E-state index contributed by atoms with van der Waals surface area (Å²) in [5, 5.41) is 0. The van der Waals surface area contributed by atoms with Crippen LogP contribution in [0.5, 0.6) is 0 Å². The summed E-state index contributed by atoms with van der Waals surface area (Å²) >= 11 is 5.91. The van der Waals surface area contributed by atoms with Crippen molar-refractivity contribution in [2.75, 3.05) is 11.4 Å². The molecule has 0 saturated carbocycles. The first kappa shape index (κ1) is 13.6. The molecule has 2 rings (SSSR count). The van der Waals surface area contributed by atoms with Crippen molar-refractivity contribution in [2.24, 2.45) is 11.7 Å². The molecule has 1 aliphatic rings. The van der Waals surface area contributed by atoms with Crippen LogP contribution < -0.4 is 10.6 Å². The van der Waals surface area contributed by atoms with E-state index in [2.05, 4.69) is 75.5 Å². The lowest BCUT2D eigenvalue weighted by atomic mass is 9.87. The average Bonchev–Trinajstić information content (AvgIpc) is 2.30. The minimum Gasteiger partial charge on any atom is -0.368 e. The van der Waals surface area contributed by atoms with Crippen molar-refractivity contribution in [3.63, 3.8) is 0 Å². The molecule has 1 aromatic rings. The molecule has 0 aliphatic carbocycles. The van der Waals surface area contributed by atoms with Crippen LogP contribution in [0.2, 0.25) is 0 Å². The van der Waals surface area contributed by atoms with Gasteiger partial charge in [0.1, 0.15) is 0 Å². The van der Waals surface area contributed by atoms with E-state index in [1.54, 1.807) is 0 Å². The van der Waals surface area contributed by atoms with Crippen LogP contribution in [0.3, 0.4) is 0 Å². The molecule has 3 atom stereocenters.